The van der Waals surface area contributed by atoms with Crippen LogP contribution >= 0.6 is 23.3 Å². The van der Waals surface area contributed by atoms with Gasteiger partial charge >= 0.3 is 5.97 Å². The summed E-state index contributed by atoms with van der Waals surface area (Å²) in [4.78, 5) is 14.8. The molecule has 2 aromatic heterocycles. The summed E-state index contributed by atoms with van der Waals surface area (Å²) in [7, 11) is 0. The number of carboxylic acids is 1. The maximum absolute atomic E-state index is 10.8. The van der Waals surface area contributed by atoms with Gasteiger partial charge in [0.25, 0.3) is 0 Å². The van der Waals surface area contributed by atoms with Gasteiger partial charge in [0.1, 0.15) is 11.4 Å². The van der Waals surface area contributed by atoms with E-state index in [4.69, 9.17) is 5.11 Å². The minimum absolute atomic E-state index is 0.116. The van der Waals surface area contributed by atoms with Crippen LogP contribution in [-0.2, 0) is 0 Å². The van der Waals surface area contributed by atoms with Crippen LogP contribution < -0.4 is 0 Å². The molecule has 0 fully saturated rings. The van der Waals surface area contributed by atoms with E-state index in [1.165, 1.54) is 30.1 Å². The van der Waals surface area contributed by atoms with Crippen molar-refractivity contribution in [2.45, 2.75) is 9.37 Å². The number of rotatable bonds is 3. The van der Waals surface area contributed by atoms with E-state index in [-0.39, 0.29) is 5.56 Å². The summed E-state index contributed by atoms with van der Waals surface area (Å²) in [5.74, 6) is -1.03. The SMILES string of the molecule is O=C(O)c1ccnnc1Sc1ncns1. The molecule has 2 heterocycles. The Kier molecular flexibility index (Phi) is 2.88. The summed E-state index contributed by atoms with van der Waals surface area (Å²) in [5.41, 5.74) is 0.116. The molecule has 0 radical (unpaired) electrons. The zero-order valence-corrected chi connectivity index (χ0v) is 8.83. The quantitative estimate of drug-likeness (QED) is 0.861. The van der Waals surface area contributed by atoms with Crippen LogP contribution in [-0.4, -0.2) is 30.6 Å². The highest BCUT2D eigenvalue weighted by Gasteiger charge is 2.13. The van der Waals surface area contributed by atoms with Gasteiger partial charge in [0.15, 0.2) is 4.34 Å². The van der Waals surface area contributed by atoms with Gasteiger partial charge in [-0.05, 0) is 29.4 Å². The predicted molar refractivity (Wildman–Crippen MR) is 53.0 cm³/mol. The number of aromatic nitrogens is 4. The lowest BCUT2D eigenvalue weighted by molar-refractivity contribution is 0.0692. The molecule has 0 atom stereocenters. The second-order valence-corrected chi connectivity index (χ2v) is 4.38. The third-order valence-electron chi connectivity index (χ3n) is 1.44. The van der Waals surface area contributed by atoms with Crippen molar-refractivity contribution in [3.63, 3.8) is 0 Å². The average molecular weight is 240 g/mol. The van der Waals surface area contributed by atoms with Gasteiger partial charge in [-0.1, -0.05) is 0 Å². The number of nitrogens with zero attached hydrogens (tertiary/aromatic N) is 4. The van der Waals surface area contributed by atoms with E-state index in [1.807, 2.05) is 0 Å². The van der Waals surface area contributed by atoms with E-state index in [9.17, 15) is 4.79 Å². The molecule has 8 heteroatoms. The fourth-order valence-corrected chi connectivity index (χ4v) is 2.26. The summed E-state index contributed by atoms with van der Waals surface area (Å²) in [6, 6.07) is 1.40. The van der Waals surface area contributed by atoms with Gasteiger partial charge in [-0.15, -0.1) is 5.10 Å². The molecule has 76 valence electrons. The minimum atomic E-state index is -1.03. The van der Waals surface area contributed by atoms with Crippen molar-refractivity contribution in [3.8, 4) is 0 Å². The van der Waals surface area contributed by atoms with Crippen LogP contribution in [0.1, 0.15) is 10.4 Å². The first kappa shape index (κ1) is 9.99. The Balaban J connectivity index is 2.32. The average Bonchev–Trinajstić information content (AvgIpc) is 2.71. The maximum Gasteiger partial charge on any atom is 0.338 e. The van der Waals surface area contributed by atoms with Crippen LogP contribution in [0.2, 0.25) is 0 Å². The fourth-order valence-electron chi connectivity index (χ4n) is 0.848. The molecule has 0 unspecified atom stereocenters. The van der Waals surface area contributed by atoms with Crippen molar-refractivity contribution in [1.29, 1.82) is 0 Å². The molecular weight excluding hydrogens is 236 g/mol. The molecule has 0 aliphatic heterocycles. The van der Waals surface area contributed by atoms with Crippen LogP contribution in [0, 0.1) is 0 Å². The molecule has 6 nitrogen and oxygen atoms in total. The summed E-state index contributed by atoms with van der Waals surface area (Å²) < 4.78 is 4.44. The van der Waals surface area contributed by atoms with Gasteiger partial charge in [-0.25, -0.2) is 9.78 Å². The van der Waals surface area contributed by atoms with Crippen molar-refractivity contribution in [1.82, 2.24) is 19.6 Å². The van der Waals surface area contributed by atoms with Gasteiger partial charge in [0.2, 0.25) is 0 Å². The zero-order chi connectivity index (χ0) is 10.7. The summed E-state index contributed by atoms with van der Waals surface area (Å²) in [6.45, 7) is 0. The van der Waals surface area contributed by atoms with E-state index in [0.29, 0.717) is 9.37 Å². The predicted octanol–water partition coefficient (Wildman–Crippen LogP) is 1.18. The monoisotopic (exact) mass is 240 g/mol. The van der Waals surface area contributed by atoms with E-state index in [2.05, 4.69) is 19.6 Å². The third-order valence-corrected chi connectivity index (χ3v) is 3.15. The molecule has 0 saturated carbocycles. The van der Waals surface area contributed by atoms with Crippen LogP contribution in [0.15, 0.2) is 28.0 Å². The Morgan fingerprint density at radius 2 is 2.40 bits per heavy atom. The van der Waals surface area contributed by atoms with Gasteiger partial charge < -0.3 is 5.11 Å². The number of hydrogen-bond acceptors (Lipinski definition) is 7. The van der Waals surface area contributed by atoms with Gasteiger partial charge in [-0.3, -0.25) is 0 Å². The Hall–Kier alpha value is -1.54. The standard InChI is InChI=1S/C7H4N4O2S2/c12-6(13)4-1-2-9-11-5(4)14-7-8-3-10-15-7/h1-3H,(H,12,13). The van der Waals surface area contributed by atoms with Gasteiger partial charge in [0.05, 0.1) is 11.8 Å². The number of aromatic carboxylic acids is 1. The van der Waals surface area contributed by atoms with Crippen LogP contribution in [0.3, 0.4) is 0 Å². The number of hydrogen-bond donors (Lipinski definition) is 1. The highest BCUT2D eigenvalue weighted by Crippen LogP contribution is 2.28. The smallest absolute Gasteiger partial charge is 0.338 e. The topological polar surface area (TPSA) is 88.9 Å². The maximum atomic E-state index is 10.8. The van der Waals surface area contributed by atoms with E-state index < -0.39 is 5.97 Å². The highest BCUT2D eigenvalue weighted by molar-refractivity contribution is 8.00. The second kappa shape index (κ2) is 4.32. The van der Waals surface area contributed by atoms with Crippen molar-refractivity contribution in [3.05, 3.63) is 24.2 Å². The zero-order valence-electron chi connectivity index (χ0n) is 7.19. The van der Waals surface area contributed by atoms with Crippen LogP contribution in [0.5, 0.6) is 0 Å². The minimum Gasteiger partial charge on any atom is -0.478 e. The van der Waals surface area contributed by atoms with Crippen molar-refractivity contribution in [2.75, 3.05) is 0 Å². The largest absolute Gasteiger partial charge is 0.478 e. The molecule has 0 spiro atoms. The Morgan fingerprint density at radius 1 is 1.53 bits per heavy atom. The van der Waals surface area contributed by atoms with Crippen LogP contribution in [0.4, 0.5) is 0 Å². The first-order valence-corrected chi connectivity index (χ1v) is 5.36. The molecule has 0 saturated heterocycles. The molecular formula is C7H4N4O2S2. The van der Waals surface area contributed by atoms with Crippen molar-refractivity contribution >= 4 is 29.3 Å². The van der Waals surface area contributed by atoms with Crippen LogP contribution in [0.25, 0.3) is 0 Å². The third kappa shape index (κ3) is 2.28. The molecule has 2 aromatic rings. The molecule has 0 amide bonds. The lowest BCUT2D eigenvalue weighted by atomic mass is 10.3. The fraction of sp³-hybridized carbons (Fsp3) is 0. The van der Waals surface area contributed by atoms with Crippen molar-refractivity contribution < 1.29 is 9.90 Å². The highest BCUT2D eigenvalue weighted by atomic mass is 32.2. The van der Waals surface area contributed by atoms with E-state index in [1.54, 1.807) is 0 Å². The van der Waals surface area contributed by atoms with E-state index in [0.717, 1.165) is 11.8 Å². The molecule has 15 heavy (non-hydrogen) atoms. The van der Waals surface area contributed by atoms with E-state index >= 15 is 0 Å². The molecule has 0 aromatic carbocycles. The number of carbonyl (C=O) groups is 1. The normalized spacial score (nSPS) is 10.1. The van der Waals surface area contributed by atoms with Crippen molar-refractivity contribution in [2.24, 2.45) is 0 Å². The van der Waals surface area contributed by atoms with Gasteiger partial charge in [-0.2, -0.15) is 9.47 Å². The Labute approximate surface area is 92.6 Å². The number of carboxylic acid groups (broad SMARTS) is 1. The summed E-state index contributed by atoms with van der Waals surface area (Å²) >= 11 is 2.32. The molecule has 0 aliphatic carbocycles. The summed E-state index contributed by atoms with van der Waals surface area (Å²) in [5, 5.41) is 16.6. The molecule has 0 aliphatic rings. The molecule has 1 N–H and O–H groups in total. The van der Waals surface area contributed by atoms with Gasteiger partial charge in [0, 0.05) is 0 Å². The second-order valence-electron chi connectivity index (χ2n) is 2.36. The first-order chi connectivity index (χ1) is 7.27. The molecule has 2 rings (SSSR count). The molecule has 0 bridgehead atoms. The summed E-state index contributed by atoms with van der Waals surface area (Å²) in [6.07, 6.45) is 2.75. The lowest BCUT2D eigenvalue weighted by Crippen LogP contribution is -2.01. The Bertz CT molecular complexity index is 474. The lowest BCUT2D eigenvalue weighted by Gasteiger charge is -1.99. The first-order valence-electron chi connectivity index (χ1n) is 3.77. The Morgan fingerprint density at radius 3 is 3.07 bits per heavy atom.